The number of fused-ring (bicyclic) bond motifs is 1. The van der Waals surface area contributed by atoms with Crippen LogP contribution in [0.2, 0.25) is 0 Å². The van der Waals surface area contributed by atoms with Gasteiger partial charge in [-0.05, 0) is 12.8 Å². The van der Waals surface area contributed by atoms with Gasteiger partial charge in [0.1, 0.15) is 0 Å². The first-order chi connectivity index (χ1) is 11.5. The summed E-state index contributed by atoms with van der Waals surface area (Å²) in [7, 11) is 0. The molecule has 1 aromatic rings. The standard InChI is InChI=1S/C16H19N5O3/c1-2-3-7-16(20-21-16)8-6-13(22)17-10-4-5-11-12(9-10)18-19-14(11)15(23)24/h1,10H,3-9H2,(H,17,22)(H,18,19)(H,23,24). The Morgan fingerprint density at radius 3 is 2.88 bits per heavy atom. The summed E-state index contributed by atoms with van der Waals surface area (Å²) >= 11 is 0. The third-order valence-corrected chi connectivity index (χ3v) is 4.52. The van der Waals surface area contributed by atoms with Crippen LogP contribution in [0.15, 0.2) is 10.2 Å². The molecule has 126 valence electrons. The number of amides is 1. The summed E-state index contributed by atoms with van der Waals surface area (Å²) in [4.78, 5) is 23.2. The number of carboxylic acids is 1. The molecular formula is C16H19N5O3. The van der Waals surface area contributed by atoms with Crippen LogP contribution in [0.1, 0.15) is 53.8 Å². The van der Waals surface area contributed by atoms with Gasteiger partial charge in [0.05, 0.1) is 0 Å². The van der Waals surface area contributed by atoms with E-state index in [9.17, 15) is 9.59 Å². The molecule has 1 atom stereocenters. The van der Waals surface area contributed by atoms with Gasteiger partial charge in [-0.1, -0.05) is 0 Å². The molecular weight excluding hydrogens is 310 g/mol. The molecule has 1 amide bonds. The largest absolute Gasteiger partial charge is 0.476 e. The van der Waals surface area contributed by atoms with Gasteiger partial charge in [-0.2, -0.15) is 15.3 Å². The molecule has 24 heavy (non-hydrogen) atoms. The highest BCUT2D eigenvalue weighted by molar-refractivity contribution is 5.87. The van der Waals surface area contributed by atoms with Gasteiger partial charge in [-0.3, -0.25) is 9.89 Å². The minimum atomic E-state index is -1.02. The van der Waals surface area contributed by atoms with Gasteiger partial charge in [0.15, 0.2) is 11.4 Å². The topological polar surface area (TPSA) is 120 Å². The van der Waals surface area contributed by atoms with Gasteiger partial charge in [-0.15, -0.1) is 12.3 Å². The van der Waals surface area contributed by atoms with Crippen LogP contribution < -0.4 is 5.32 Å². The molecule has 0 aromatic carbocycles. The number of carboxylic acid groups (broad SMARTS) is 1. The lowest BCUT2D eigenvalue weighted by molar-refractivity contribution is -0.122. The van der Waals surface area contributed by atoms with Crippen LogP contribution >= 0.6 is 0 Å². The van der Waals surface area contributed by atoms with E-state index in [1.54, 1.807) is 0 Å². The van der Waals surface area contributed by atoms with Gasteiger partial charge in [0.2, 0.25) is 5.91 Å². The molecule has 0 spiro atoms. The summed E-state index contributed by atoms with van der Waals surface area (Å²) in [5, 5.41) is 26.7. The number of aromatic amines is 1. The lowest BCUT2D eigenvalue weighted by Gasteiger charge is -2.23. The monoisotopic (exact) mass is 329 g/mol. The van der Waals surface area contributed by atoms with Crippen molar-refractivity contribution >= 4 is 11.9 Å². The van der Waals surface area contributed by atoms with Crippen molar-refractivity contribution in [1.29, 1.82) is 0 Å². The third-order valence-electron chi connectivity index (χ3n) is 4.52. The summed E-state index contributed by atoms with van der Waals surface area (Å²) in [6.07, 6.45) is 9.33. The second-order valence-corrected chi connectivity index (χ2v) is 6.23. The Hall–Kier alpha value is -2.69. The first kappa shape index (κ1) is 16.2. The number of terminal acetylenes is 1. The van der Waals surface area contributed by atoms with Crippen LogP contribution in [-0.2, 0) is 17.6 Å². The molecule has 8 heteroatoms. The maximum Gasteiger partial charge on any atom is 0.356 e. The van der Waals surface area contributed by atoms with E-state index in [0.717, 1.165) is 11.3 Å². The predicted octanol–water partition coefficient (Wildman–Crippen LogP) is 1.44. The van der Waals surface area contributed by atoms with Crippen LogP contribution in [0.25, 0.3) is 0 Å². The van der Waals surface area contributed by atoms with E-state index >= 15 is 0 Å². The van der Waals surface area contributed by atoms with Gasteiger partial charge < -0.3 is 10.4 Å². The van der Waals surface area contributed by atoms with E-state index < -0.39 is 11.6 Å². The number of aromatic nitrogens is 2. The number of nitrogens with one attached hydrogen (secondary N) is 2. The predicted molar refractivity (Wildman–Crippen MR) is 84.4 cm³/mol. The fourth-order valence-electron chi connectivity index (χ4n) is 3.09. The van der Waals surface area contributed by atoms with Gasteiger partial charge in [0.25, 0.3) is 0 Å². The summed E-state index contributed by atoms with van der Waals surface area (Å²) in [5.74, 6) is 1.50. The van der Waals surface area contributed by atoms with Gasteiger partial charge in [-0.25, -0.2) is 4.79 Å². The van der Waals surface area contributed by atoms with Crippen LogP contribution in [-0.4, -0.2) is 38.9 Å². The normalized spacial score (nSPS) is 20.0. The Morgan fingerprint density at radius 1 is 1.42 bits per heavy atom. The Morgan fingerprint density at radius 2 is 2.21 bits per heavy atom. The van der Waals surface area contributed by atoms with E-state index in [0.29, 0.717) is 44.9 Å². The van der Waals surface area contributed by atoms with Crippen molar-refractivity contribution in [3.05, 3.63) is 17.0 Å². The molecule has 8 nitrogen and oxygen atoms in total. The zero-order valence-corrected chi connectivity index (χ0v) is 13.2. The molecule has 1 unspecified atom stereocenters. The van der Waals surface area contributed by atoms with Gasteiger partial charge in [0, 0.05) is 49.4 Å². The van der Waals surface area contributed by atoms with E-state index in [-0.39, 0.29) is 17.6 Å². The van der Waals surface area contributed by atoms with Crippen molar-refractivity contribution in [2.75, 3.05) is 0 Å². The molecule has 0 saturated heterocycles. The third kappa shape index (κ3) is 3.45. The van der Waals surface area contributed by atoms with Crippen molar-refractivity contribution < 1.29 is 14.7 Å². The minimum absolute atomic E-state index is 0.0122. The number of rotatable bonds is 7. The molecule has 0 radical (unpaired) electrons. The number of hydrogen-bond donors (Lipinski definition) is 3. The molecule has 1 aromatic heterocycles. The Bertz CT molecular complexity index is 725. The second kappa shape index (κ2) is 6.43. The van der Waals surface area contributed by atoms with Crippen molar-refractivity contribution in [3.63, 3.8) is 0 Å². The van der Waals surface area contributed by atoms with Crippen LogP contribution in [0, 0.1) is 12.3 Å². The average Bonchev–Trinajstić information content (AvgIpc) is 3.20. The van der Waals surface area contributed by atoms with E-state index in [1.807, 2.05) is 0 Å². The zero-order chi connectivity index (χ0) is 17.2. The zero-order valence-electron chi connectivity index (χ0n) is 13.2. The SMILES string of the molecule is C#CCCC1(CCC(=O)NC2CCc3c(C(=O)O)n[nH]c3C2)N=N1. The lowest BCUT2D eigenvalue weighted by atomic mass is 9.91. The maximum atomic E-state index is 12.1. The molecule has 0 saturated carbocycles. The molecule has 1 aliphatic heterocycles. The highest BCUT2D eigenvalue weighted by Crippen LogP contribution is 2.37. The fraction of sp³-hybridized carbons (Fsp3) is 0.562. The summed E-state index contributed by atoms with van der Waals surface area (Å²) in [6, 6.07) is -0.0122. The molecule has 2 aliphatic rings. The Labute approximate surface area is 139 Å². The molecule has 3 rings (SSSR count). The summed E-state index contributed by atoms with van der Waals surface area (Å²) < 4.78 is 0. The molecule has 1 aliphatic carbocycles. The molecule has 0 bridgehead atoms. The highest BCUT2D eigenvalue weighted by atomic mass is 16.4. The quantitative estimate of drug-likeness (QED) is 0.655. The first-order valence-electron chi connectivity index (χ1n) is 7.99. The van der Waals surface area contributed by atoms with E-state index in [2.05, 4.69) is 31.7 Å². The molecule has 2 heterocycles. The Kier molecular flexibility index (Phi) is 4.34. The fourth-order valence-corrected chi connectivity index (χ4v) is 3.09. The smallest absolute Gasteiger partial charge is 0.356 e. The van der Waals surface area contributed by atoms with Crippen molar-refractivity contribution in [2.24, 2.45) is 10.2 Å². The lowest BCUT2D eigenvalue weighted by Crippen LogP contribution is -2.39. The minimum Gasteiger partial charge on any atom is -0.476 e. The molecule has 0 fully saturated rings. The van der Waals surface area contributed by atoms with E-state index in [4.69, 9.17) is 11.5 Å². The number of H-pyrrole nitrogens is 1. The van der Waals surface area contributed by atoms with Crippen LogP contribution in [0.5, 0.6) is 0 Å². The number of carbonyl (C=O) groups is 2. The Balaban J connectivity index is 1.48. The highest BCUT2D eigenvalue weighted by Gasteiger charge is 2.39. The number of aromatic carboxylic acids is 1. The maximum absolute atomic E-state index is 12.1. The van der Waals surface area contributed by atoms with Crippen LogP contribution in [0.3, 0.4) is 0 Å². The number of hydrogen-bond acceptors (Lipinski definition) is 5. The summed E-state index contributed by atoms with van der Waals surface area (Å²) in [5.41, 5.74) is 1.18. The molecule has 3 N–H and O–H groups in total. The van der Waals surface area contributed by atoms with Crippen molar-refractivity contribution in [3.8, 4) is 12.3 Å². The van der Waals surface area contributed by atoms with E-state index in [1.165, 1.54) is 0 Å². The summed E-state index contributed by atoms with van der Waals surface area (Å²) in [6.45, 7) is 0. The average molecular weight is 329 g/mol. The first-order valence-corrected chi connectivity index (χ1v) is 7.99. The number of carbonyl (C=O) groups excluding carboxylic acids is 1. The second-order valence-electron chi connectivity index (χ2n) is 6.23. The van der Waals surface area contributed by atoms with Crippen LogP contribution in [0.4, 0.5) is 0 Å². The van der Waals surface area contributed by atoms with Crippen molar-refractivity contribution in [2.45, 2.75) is 56.7 Å². The van der Waals surface area contributed by atoms with Gasteiger partial charge >= 0.3 is 5.97 Å². The number of nitrogens with zero attached hydrogens (tertiary/aromatic N) is 3. The van der Waals surface area contributed by atoms with Crippen molar-refractivity contribution in [1.82, 2.24) is 15.5 Å².